The molecule has 3 saturated carbocycles. The quantitative estimate of drug-likeness (QED) is 0.590. The van der Waals surface area contributed by atoms with Gasteiger partial charge in [-0.25, -0.2) is 8.78 Å². The minimum atomic E-state index is -2.25. The van der Waals surface area contributed by atoms with Crippen molar-refractivity contribution >= 4 is 34.0 Å². The Morgan fingerprint density at radius 2 is 2.14 bits per heavy atom. The van der Waals surface area contributed by atoms with Crippen LogP contribution in [0.15, 0.2) is 41.3 Å². The van der Waals surface area contributed by atoms with Gasteiger partial charge in [0, 0.05) is 16.7 Å². The molecular weight excluding hydrogens is 520 g/mol. The average Bonchev–Trinajstić information content (AvgIpc) is 3.57. The van der Waals surface area contributed by atoms with Crippen molar-refractivity contribution in [3.63, 3.8) is 0 Å². The van der Waals surface area contributed by atoms with Crippen LogP contribution in [0, 0.1) is 34.0 Å². The Kier molecular flexibility index (Phi) is 5.69. The second-order valence-electron chi connectivity index (χ2n) is 11.2. The van der Waals surface area contributed by atoms with Gasteiger partial charge in [-0.15, -0.1) is 11.3 Å². The van der Waals surface area contributed by atoms with Crippen molar-refractivity contribution < 1.29 is 33.0 Å². The predicted octanol–water partition coefficient (Wildman–Crippen LogP) is 4.61. The molecule has 1 saturated heterocycles. The number of thioether (sulfide) groups is 1. The molecule has 0 spiro atoms. The van der Waals surface area contributed by atoms with Gasteiger partial charge in [0.15, 0.2) is 23.3 Å². The summed E-state index contributed by atoms with van der Waals surface area (Å²) in [4.78, 5) is 26.6. The second kappa shape index (κ2) is 8.30. The first-order valence-corrected chi connectivity index (χ1v) is 14.3. The zero-order chi connectivity index (χ0) is 26.4. The molecule has 0 aromatic carbocycles. The highest BCUT2D eigenvalue weighted by Crippen LogP contribution is 2.73. The first-order chi connectivity index (χ1) is 17.5. The Bertz CT molecular complexity index is 1260. The Hall–Kier alpha value is -1.90. The monoisotopic (exact) mass is 547 g/mol. The van der Waals surface area contributed by atoms with Crippen LogP contribution in [-0.4, -0.2) is 51.4 Å². The zero-order valence-electron chi connectivity index (χ0n) is 20.4. The molecule has 10 heteroatoms. The number of nitriles is 1. The number of rotatable bonds is 3. The van der Waals surface area contributed by atoms with Gasteiger partial charge >= 0.3 is 0 Å². The van der Waals surface area contributed by atoms with E-state index < -0.39 is 64.4 Å². The highest BCUT2D eigenvalue weighted by Gasteiger charge is 2.80. The number of thiophene rings is 1. The number of ether oxygens (including phenoxy) is 2. The van der Waals surface area contributed by atoms with Crippen LogP contribution >= 0.6 is 23.1 Å². The number of halogens is 2. The second-order valence-corrected chi connectivity index (χ2v) is 13.1. The van der Waals surface area contributed by atoms with Crippen LogP contribution in [0.2, 0.25) is 0 Å². The van der Waals surface area contributed by atoms with E-state index in [9.17, 15) is 14.7 Å². The maximum Gasteiger partial charge on any atom is 0.225 e. The predicted molar refractivity (Wildman–Crippen MR) is 133 cm³/mol. The van der Waals surface area contributed by atoms with E-state index in [0.717, 1.165) is 22.7 Å². The van der Waals surface area contributed by atoms with Crippen molar-refractivity contribution in [1.82, 2.24) is 0 Å². The Morgan fingerprint density at radius 1 is 1.35 bits per heavy atom. The summed E-state index contributed by atoms with van der Waals surface area (Å²) in [5.41, 5.74) is -6.31. The molecule has 6 rings (SSSR count). The van der Waals surface area contributed by atoms with E-state index in [1.165, 1.54) is 23.5 Å². The van der Waals surface area contributed by atoms with Gasteiger partial charge in [0.25, 0.3) is 0 Å². The smallest absolute Gasteiger partial charge is 0.225 e. The molecule has 1 aromatic rings. The lowest BCUT2D eigenvalue weighted by molar-refractivity contribution is -0.232. The highest BCUT2D eigenvalue weighted by atomic mass is 32.2. The zero-order valence-corrected chi connectivity index (χ0v) is 22.0. The standard InChI is InChI=1S/C27H27F2NO5S2/c1-24-6-5-14(31)10-17(24)18(28)11-16-15-12-21-27(23(33)37-9-7-30,25(15,2)13-20(32)26(16,24)29)35-22(34-21)19-4-3-8-36-19/h3-6,8,10,15-16,18,20-22,32H,9,11-13H2,1-2H3/t15-,16-,18-,20-,21+,22?,24-,25-,26-,27-/m0/s1. The molecule has 4 aliphatic carbocycles. The number of aliphatic hydroxyl groups excluding tert-OH is 1. The van der Waals surface area contributed by atoms with Crippen LogP contribution in [0.4, 0.5) is 8.78 Å². The summed E-state index contributed by atoms with van der Waals surface area (Å²) in [5, 5.41) is 22.2. The van der Waals surface area contributed by atoms with Gasteiger partial charge in [-0.3, -0.25) is 9.59 Å². The number of carbonyl (C=O) groups excluding carboxylic acids is 2. The van der Waals surface area contributed by atoms with E-state index in [1.54, 1.807) is 6.92 Å². The Morgan fingerprint density at radius 3 is 2.84 bits per heavy atom. The minimum absolute atomic E-state index is 0.0558. The van der Waals surface area contributed by atoms with Crippen LogP contribution in [0.25, 0.3) is 0 Å². The molecule has 0 bridgehead atoms. The van der Waals surface area contributed by atoms with Crippen molar-refractivity contribution in [2.45, 2.75) is 69.0 Å². The molecule has 196 valence electrons. The molecule has 5 aliphatic rings. The number of alkyl halides is 2. The summed E-state index contributed by atoms with van der Waals surface area (Å²) in [7, 11) is 0. The highest BCUT2D eigenvalue weighted by molar-refractivity contribution is 8.14. The molecule has 1 unspecified atom stereocenters. The van der Waals surface area contributed by atoms with Gasteiger partial charge in [-0.1, -0.05) is 30.8 Å². The fourth-order valence-electron chi connectivity index (χ4n) is 8.06. The third-order valence-corrected chi connectivity index (χ3v) is 11.4. The van der Waals surface area contributed by atoms with Crippen molar-refractivity contribution in [2.75, 3.05) is 5.75 Å². The summed E-state index contributed by atoms with van der Waals surface area (Å²) >= 11 is 2.26. The minimum Gasteiger partial charge on any atom is -0.390 e. The summed E-state index contributed by atoms with van der Waals surface area (Å²) < 4.78 is 45.9. The summed E-state index contributed by atoms with van der Waals surface area (Å²) in [6.07, 6.45) is -0.931. The number of aliphatic hydroxyl groups is 1. The Balaban J connectivity index is 1.46. The number of hydrogen-bond donors (Lipinski definition) is 1. The van der Waals surface area contributed by atoms with Crippen molar-refractivity contribution in [3.8, 4) is 6.07 Å². The number of fused-ring (bicyclic) bond motifs is 7. The van der Waals surface area contributed by atoms with Gasteiger partial charge in [0.2, 0.25) is 5.12 Å². The first kappa shape index (κ1) is 25.4. The summed E-state index contributed by atoms with van der Waals surface area (Å²) in [6.45, 7) is 3.36. The van der Waals surface area contributed by atoms with E-state index in [0.29, 0.717) is 0 Å². The molecule has 37 heavy (non-hydrogen) atoms. The molecule has 0 radical (unpaired) electrons. The largest absolute Gasteiger partial charge is 0.390 e. The van der Waals surface area contributed by atoms with E-state index in [-0.39, 0.29) is 35.7 Å². The van der Waals surface area contributed by atoms with Gasteiger partial charge in [0.1, 0.15) is 6.17 Å². The number of carbonyl (C=O) groups is 2. The molecule has 10 atom stereocenters. The molecular formula is C27H27F2NO5S2. The average molecular weight is 548 g/mol. The van der Waals surface area contributed by atoms with Gasteiger partial charge in [-0.05, 0) is 61.3 Å². The van der Waals surface area contributed by atoms with Gasteiger partial charge < -0.3 is 14.6 Å². The Labute approximate surface area is 221 Å². The SMILES string of the molecule is C[C@]12C=CC(=O)C=C1[C@@H](F)C[C@H]1[C@@H]3C[C@H]4OC(c5cccs5)O[C@@]4(C(=O)SCC#N)[C@@]3(C)C[C@H](O)[C@@]12F. The van der Waals surface area contributed by atoms with E-state index >= 15 is 8.78 Å². The normalized spacial score (nSPS) is 47.9. The van der Waals surface area contributed by atoms with Crippen molar-refractivity contribution in [1.29, 1.82) is 5.26 Å². The first-order valence-electron chi connectivity index (χ1n) is 12.4. The van der Waals surface area contributed by atoms with Crippen LogP contribution in [0.3, 0.4) is 0 Å². The third-order valence-electron chi connectivity index (χ3n) is 9.72. The van der Waals surface area contributed by atoms with Crippen LogP contribution in [0.1, 0.15) is 44.3 Å². The molecule has 6 nitrogen and oxygen atoms in total. The number of hydrogen-bond acceptors (Lipinski definition) is 8. The van der Waals surface area contributed by atoms with Gasteiger partial charge in [0.05, 0.1) is 28.9 Å². The summed E-state index contributed by atoms with van der Waals surface area (Å²) in [5.74, 6) is -1.97. The lowest BCUT2D eigenvalue weighted by atomic mass is 9.44. The molecule has 1 aliphatic heterocycles. The van der Waals surface area contributed by atoms with E-state index in [1.807, 2.05) is 30.5 Å². The van der Waals surface area contributed by atoms with Crippen LogP contribution in [-0.2, 0) is 19.1 Å². The van der Waals surface area contributed by atoms with Crippen LogP contribution in [0.5, 0.6) is 0 Å². The topological polar surface area (TPSA) is 96.6 Å². The molecule has 1 aromatic heterocycles. The van der Waals surface area contributed by atoms with Crippen LogP contribution < -0.4 is 0 Å². The maximum absolute atomic E-state index is 17.4. The number of allylic oxidation sites excluding steroid dienone is 4. The van der Waals surface area contributed by atoms with E-state index in [4.69, 9.17) is 14.7 Å². The van der Waals surface area contributed by atoms with Crippen molar-refractivity contribution in [3.05, 3.63) is 46.2 Å². The third kappa shape index (κ3) is 3.06. The molecule has 4 fully saturated rings. The van der Waals surface area contributed by atoms with Gasteiger partial charge in [-0.2, -0.15) is 5.26 Å². The number of ketones is 1. The fraction of sp³-hybridized carbons (Fsp3) is 0.593. The van der Waals surface area contributed by atoms with E-state index in [2.05, 4.69) is 0 Å². The maximum atomic E-state index is 17.4. The lowest BCUT2D eigenvalue weighted by Crippen LogP contribution is -2.70. The number of nitrogens with zero attached hydrogens (tertiary/aromatic N) is 1. The molecule has 2 heterocycles. The summed E-state index contributed by atoms with van der Waals surface area (Å²) in [6, 6.07) is 5.67. The molecule has 0 amide bonds. The fourth-order valence-corrected chi connectivity index (χ4v) is 9.56. The lowest BCUT2D eigenvalue weighted by Gasteiger charge is -2.63. The van der Waals surface area contributed by atoms with Crippen molar-refractivity contribution in [2.24, 2.45) is 22.7 Å². The molecule has 1 N–H and O–H groups in total.